The number of methoxy groups -OCH3 is 1. The fraction of sp³-hybridized carbons (Fsp3) is 0.308. The molecule has 33 heavy (non-hydrogen) atoms. The lowest BCUT2D eigenvalue weighted by atomic mass is 9.94. The van der Waals surface area contributed by atoms with E-state index in [0.717, 1.165) is 29.2 Å². The molecule has 0 saturated heterocycles. The number of carbonyl (C=O) groups is 1. The van der Waals surface area contributed by atoms with Gasteiger partial charge in [-0.25, -0.2) is 4.98 Å². The van der Waals surface area contributed by atoms with Crippen LogP contribution in [0.1, 0.15) is 35.6 Å². The minimum atomic E-state index is -0.853. The van der Waals surface area contributed by atoms with Crippen molar-refractivity contribution in [1.29, 1.82) is 0 Å². The van der Waals surface area contributed by atoms with Gasteiger partial charge in [0.2, 0.25) is 0 Å². The number of carboxylic acids is 1. The predicted molar refractivity (Wildman–Crippen MR) is 130 cm³/mol. The molecule has 0 radical (unpaired) electrons. The monoisotopic (exact) mass is 446 g/mol. The fourth-order valence-electron chi connectivity index (χ4n) is 4.25. The van der Waals surface area contributed by atoms with Gasteiger partial charge in [0.05, 0.1) is 31.3 Å². The normalized spacial score (nSPS) is 16.6. The fourth-order valence-corrected chi connectivity index (χ4v) is 4.25. The second kappa shape index (κ2) is 10.4. The van der Waals surface area contributed by atoms with Crippen molar-refractivity contribution in [2.75, 3.05) is 30.8 Å². The zero-order valence-corrected chi connectivity index (χ0v) is 18.9. The maximum atomic E-state index is 11.2. The molecule has 172 valence electrons. The van der Waals surface area contributed by atoms with E-state index in [4.69, 9.17) is 4.74 Å². The van der Waals surface area contributed by atoms with Crippen molar-refractivity contribution in [1.82, 2.24) is 10.3 Å². The highest BCUT2D eigenvalue weighted by Crippen LogP contribution is 2.29. The first-order valence-corrected chi connectivity index (χ1v) is 11.2. The number of carboxylic acid groups (broad SMARTS) is 1. The van der Waals surface area contributed by atoms with E-state index in [1.54, 1.807) is 19.4 Å². The standard InChI is InChI=1S/C26H30N4O3/c1-17(20-11-18(13-24(31)32)12-21(14-20)33-2)15-29-25(19-7-4-3-5-8-19)23-16-28-22-9-6-10-27-26(22)30-23/h3-12,14,17,23,25,28-29H,13,15-16H2,1-2H3,(H,27,30)(H,31,32)/t17-,23+,25+/m0/s1. The molecular formula is C26H30N4O3. The maximum absolute atomic E-state index is 11.2. The Morgan fingerprint density at radius 1 is 1.18 bits per heavy atom. The van der Waals surface area contributed by atoms with Crippen molar-refractivity contribution in [3.8, 4) is 5.75 Å². The van der Waals surface area contributed by atoms with Crippen LogP contribution in [0.15, 0.2) is 66.9 Å². The van der Waals surface area contributed by atoms with Crippen LogP contribution >= 0.6 is 0 Å². The molecule has 0 fully saturated rings. The van der Waals surface area contributed by atoms with Crippen LogP contribution in [-0.4, -0.2) is 42.3 Å². The number of rotatable bonds is 9. The van der Waals surface area contributed by atoms with Crippen LogP contribution in [0.25, 0.3) is 0 Å². The van der Waals surface area contributed by atoms with Gasteiger partial charge in [-0.1, -0.05) is 43.3 Å². The van der Waals surface area contributed by atoms with Gasteiger partial charge in [-0.2, -0.15) is 0 Å². The summed E-state index contributed by atoms with van der Waals surface area (Å²) in [6.07, 6.45) is 1.77. The van der Waals surface area contributed by atoms with Crippen LogP contribution in [0, 0.1) is 0 Å². The van der Waals surface area contributed by atoms with Gasteiger partial charge in [-0.05, 0) is 46.9 Å². The highest BCUT2D eigenvalue weighted by Gasteiger charge is 2.27. The molecule has 1 aromatic heterocycles. The zero-order valence-electron chi connectivity index (χ0n) is 18.9. The molecule has 0 amide bonds. The Hall–Kier alpha value is -3.58. The quantitative estimate of drug-likeness (QED) is 0.394. The summed E-state index contributed by atoms with van der Waals surface area (Å²) in [5, 5.41) is 20.0. The largest absolute Gasteiger partial charge is 0.497 e. The predicted octanol–water partition coefficient (Wildman–Crippen LogP) is 4.06. The molecule has 3 atom stereocenters. The van der Waals surface area contributed by atoms with Gasteiger partial charge in [-0.15, -0.1) is 0 Å². The summed E-state index contributed by atoms with van der Waals surface area (Å²) in [5.41, 5.74) is 3.99. The first kappa shape index (κ1) is 22.6. The number of ether oxygens (including phenoxy) is 1. The molecule has 1 aliphatic heterocycles. The van der Waals surface area contributed by atoms with Gasteiger partial charge < -0.3 is 25.8 Å². The smallest absolute Gasteiger partial charge is 0.307 e. The van der Waals surface area contributed by atoms with Crippen LogP contribution in [0.4, 0.5) is 11.5 Å². The molecule has 2 heterocycles. The Labute approximate surface area is 194 Å². The number of pyridine rings is 1. The SMILES string of the molecule is COc1cc(CC(=O)O)cc([C@@H](C)CN[C@H](c2ccccc2)[C@H]2CNc3cccnc3N2)c1. The Kier molecular flexibility index (Phi) is 7.10. The Balaban J connectivity index is 1.52. The van der Waals surface area contributed by atoms with Crippen molar-refractivity contribution in [2.45, 2.75) is 31.3 Å². The van der Waals surface area contributed by atoms with Gasteiger partial charge in [0.1, 0.15) is 11.6 Å². The number of nitrogens with zero attached hydrogens (tertiary/aromatic N) is 1. The average molecular weight is 447 g/mol. The topological polar surface area (TPSA) is 95.5 Å². The molecule has 4 N–H and O–H groups in total. The van der Waals surface area contributed by atoms with Crippen molar-refractivity contribution in [2.24, 2.45) is 0 Å². The molecule has 7 nitrogen and oxygen atoms in total. The van der Waals surface area contributed by atoms with Gasteiger partial charge in [-0.3, -0.25) is 4.79 Å². The third kappa shape index (κ3) is 5.62. The zero-order chi connectivity index (χ0) is 23.2. The van der Waals surface area contributed by atoms with Crippen molar-refractivity contribution >= 4 is 17.5 Å². The number of aromatic nitrogens is 1. The number of aliphatic carboxylic acids is 1. The van der Waals surface area contributed by atoms with Crippen LogP contribution in [-0.2, 0) is 11.2 Å². The molecule has 0 aliphatic carbocycles. The highest BCUT2D eigenvalue weighted by molar-refractivity contribution is 5.70. The minimum absolute atomic E-state index is 0.0267. The van der Waals surface area contributed by atoms with Crippen LogP contribution in [0.2, 0.25) is 0 Å². The van der Waals surface area contributed by atoms with Gasteiger partial charge >= 0.3 is 5.97 Å². The third-order valence-electron chi connectivity index (χ3n) is 6.00. The van der Waals surface area contributed by atoms with Crippen LogP contribution < -0.4 is 20.7 Å². The molecule has 0 spiro atoms. The summed E-state index contributed by atoms with van der Waals surface area (Å²) in [5.74, 6) is 0.835. The van der Waals surface area contributed by atoms with E-state index in [9.17, 15) is 9.90 Å². The lowest BCUT2D eigenvalue weighted by Gasteiger charge is -2.35. The second-order valence-electron chi connectivity index (χ2n) is 8.41. The summed E-state index contributed by atoms with van der Waals surface area (Å²) >= 11 is 0. The number of fused-ring (bicyclic) bond motifs is 1. The van der Waals surface area contributed by atoms with E-state index in [0.29, 0.717) is 12.3 Å². The maximum Gasteiger partial charge on any atom is 0.307 e. The summed E-state index contributed by atoms with van der Waals surface area (Å²) in [6, 6.07) is 20.2. The van der Waals surface area contributed by atoms with Gasteiger partial charge in [0, 0.05) is 19.3 Å². The number of benzene rings is 2. The number of hydrogen-bond donors (Lipinski definition) is 4. The van der Waals surface area contributed by atoms with Crippen LogP contribution in [0.5, 0.6) is 5.75 Å². The molecule has 0 bridgehead atoms. The van der Waals surface area contributed by atoms with Crippen LogP contribution in [0.3, 0.4) is 0 Å². The van der Waals surface area contributed by atoms with Gasteiger partial charge in [0.15, 0.2) is 0 Å². The average Bonchev–Trinajstić information content (AvgIpc) is 2.84. The molecule has 0 saturated carbocycles. The molecule has 1 aliphatic rings. The van der Waals surface area contributed by atoms with E-state index in [1.165, 1.54) is 5.56 Å². The highest BCUT2D eigenvalue weighted by atomic mass is 16.5. The lowest BCUT2D eigenvalue weighted by molar-refractivity contribution is -0.136. The Morgan fingerprint density at radius 3 is 2.76 bits per heavy atom. The van der Waals surface area contributed by atoms with E-state index >= 15 is 0 Å². The summed E-state index contributed by atoms with van der Waals surface area (Å²) in [6.45, 7) is 3.62. The molecule has 0 unspecified atom stereocenters. The molecule has 4 rings (SSSR count). The van der Waals surface area contributed by atoms with E-state index in [-0.39, 0.29) is 24.4 Å². The van der Waals surface area contributed by atoms with E-state index < -0.39 is 5.97 Å². The molecule has 7 heteroatoms. The third-order valence-corrected chi connectivity index (χ3v) is 6.00. The summed E-state index contributed by atoms with van der Waals surface area (Å²) in [7, 11) is 1.60. The number of hydrogen-bond acceptors (Lipinski definition) is 6. The molecule has 3 aromatic rings. The summed E-state index contributed by atoms with van der Waals surface area (Å²) < 4.78 is 5.41. The Morgan fingerprint density at radius 2 is 2.00 bits per heavy atom. The second-order valence-corrected chi connectivity index (χ2v) is 8.41. The van der Waals surface area contributed by atoms with Gasteiger partial charge in [0.25, 0.3) is 0 Å². The molecule has 2 aromatic carbocycles. The minimum Gasteiger partial charge on any atom is -0.497 e. The lowest BCUT2D eigenvalue weighted by Crippen LogP contribution is -2.45. The van der Waals surface area contributed by atoms with E-state index in [1.807, 2.05) is 30.3 Å². The molecular weight excluding hydrogens is 416 g/mol. The first-order valence-electron chi connectivity index (χ1n) is 11.2. The van der Waals surface area contributed by atoms with Crippen molar-refractivity contribution in [3.05, 3.63) is 83.6 Å². The van der Waals surface area contributed by atoms with Crippen molar-refractivity contribution in [3.63, 3.8) is 0 Å². The van der Waals surface area contributed by atoms with Crippen molar-refractivity contribution < 1.29 is 14.6 Å². The number of anilines is 2. The summed E-state index contributed by atoms with van der Waals surface area (Å²) in [4.78, 5) is 15.7. The number of nitrogens with one attached hydrogen (secondary N) is 3. The Bertz CT molecular complexity index is 1090. The van der Waals surface area contributed by atoms with E-state index in [2.05, 4.69) is 52.1 Å². The first-order chi connectivity index (χ1) is 16.0.